The van der Waals surface area contributed by atoms with Gasteiger partial charge in [0, 0.05) is 23.4 Å². The van der Waals surface area contributed by atoms with Gasteiger partial charge in [0.05, 0.1) is 4.92 Å². The molecule has 5 nitrogen and oxygen atoms in total. The molecule has 0 saturated heterocycles. The van der Waals surface area contributed by atoms with E-state index in [1.807, 2.05) is 0 Å². The van der Waals surface area contributed by atoms with Crippen LogP contribution < -0.4 is 0 Å². The largest absolute Gasteiger partial charge is 0.760 e. The summed E-state index contributed by atoms with van der Waals surface area (Å²) in [4.78, 5) is 19.2. The molecule has 0 bridgehead atoms. The van der Waals surface area contributed by atoms with Crippen LogP contribution in [0.4, 0.5) is 5.69 Å². The lowest BCUT2D eigenvalue weighted by Gasteiger charge is -2.22. The summed E-state index contributed by atoms with van der Waals surface area (Å²) < 4.78 is 0. The van der Waals surface area contributed by atoms with Crippen molar-refractivity contribution in [1.29, 1.82) is 0 Å². The highest BCUT2D eigenvalue weighted by Gasteiger charge is 2.14. The van der Waals surface area contributed by atoms with Crippen molar-refractivity contribution in [3.8, 4) is 11.4 Å². The Balaban J connectivity index is 2.01. The number of fused-ring (bicyclic) bond motifs is 1. The predicted molar refractivity (Wildman–Crippen MR) is 76.4 cm³/mol. The van der Waals surface area contributed by atoms with Gasteiger partial charge in [0.25, 0.3) is 5.69 Å². The second-order valence-corrected chi connectivity index (χ2v) is 5.18. The summed E-state index contributed by atoms with van der Waals surface area (Å²) in [7, 11) is 0. The molecule has 2 aromatic rings. The number of aryl methyl sites for hydroxylation is 1. The van der Waals surface area contributed by atoms with Crippen LogP contribution >= 0.6 is 0 Å². The standard InChI is InChI=1S/C14H13N3O2S/c18-17(19)10-7-5-9(6-8-10)13-15-12-4-2-1-3-11(12)14(20)16-13/h5-8H,1-4H2,(H,15,16,20)/p-1. The Bertz CT molecular complexity index is 671. The van der Waals surface area contributed by atoms with Crippen LogP contribution in [-0.2, 0) is 25.5 Å². The van der Waals surface area contributed by atoms with E-state index in [2.05, 4.69) is 9.97 Å². The number of rotatable bonds is 2. The van der Waals surface area contributed by atoms with Crippen LogP contribution in [0.3, 0.4) is 0 Å². The fourth-order valence-electron chi connectivity index (χ4n) is 2.42. The second-order valence-electron chi connectivity index (χ2n) is 4.79. The summed E-state index contributed by atoms with van der Waals surface area (Å²) in [6, 6.07) is 6.25. The highest BCUT2D eigenvalue weighted by atomic mass is 32.1. The van der Waals surface area contributed by atoms with Gasteiger partial charge in [-0.3, -0.25) is 15.1 Å². The molecule has 1 aliphatic carbocycles. The molecule has 0 atom stereocenters. The Labute approximate surface area is 121 Å². The topological polar surface area (TPSA) is 68.9 Å². The molecule has 0 fully saturated rings. The summed E-state index contributed by atoms with van der Waals surface area (Å²) in [5.74, 6) is 0.561. The van der Waals surface area contributed by atoms with E-state index >= 15 is 0 Å². The first-order valence-corrected chi connectivity index (χ1v) is 6.87. The Morgan fingerprint density at radius 2 is 1.80 bits per heavy atom. The average molecular weight is 286 g/mol. The minimum absolute atomic E-state index is 0.0605. The van der Waals surface area contributed by atoms with Crippen molar-refractivity contribution in [2.24, 2.45) is 0 Å². The normalized spacial score (nSPS) is 13.8. The lowest BCUT2D eigenvalue weighted by Crippen LogP contribution is -2.10. The van der Waals surface area contributed by atoms with E-state index < -0.39 is 4.92 Å². The number of nitro benzene ring substituents is 1. The Hall–Kier alpha value is -2.08. The lowest BCUT2D eigenvalue weighted by molar-refractivity contribution is -0.384. The molecule has 1 aliphatic rings. The van der Waals surface area contributed by atoms with Crippen molar-refractivity contribution in [3.05, 3.63) is 45.6 Å². The molecular weight excluding hydrogens is 274 g/mol. The van der Waals surface area contributed by atoms with Gasteiger partial charge in [-0.2, -0.15) is 0 Å². The summed E-state index contributed by atoms with van der Waals surface area (Å²) in [6.07, 6.45) is 4.14. The van der Waals surface area contributed by atoms with Gasteiger partial charge in [-0.15, -0.1) is 0 Å². The van der Waals surface area contributed by atoms with Gasteiger partial charge in [0.2, 0.25) is 0 Å². The first kappa shape index (κ1) is 12.9. The van der Waals surface area contributed by atoms with Crippen LogP contribution in [0.2, 0.25) is 0 Å². The van der Waals surface area contributed by atoms with Crippen molar-refractivity contribution < 1.29 is 4.92 Å². The smallest absolute Gasteiger partial charge is 0.269 e. The third-order valence-corrected chi connectivity index (χ3v) is 3.82. The van der Waals surface area contributed by atoms with Gasteiger partial charge >= 0.3 is 0 Å². The third-order valence-electron chi connectivity index (χ3n) is 3.48. The molecule has 6 heteroatoms. The van der Waals surface area contributed by atoms with Crippen molar-refractivity contribution >= 4 is 18.3 Å². The molecule has 102 valence electrons. The molecular formula is C14H12N3O2S-. The summed E-state index contributed by atoms with van der Waals surface area (Å²) >= 11 is 5.33. The number of non-ortho nitro benzene ring substituents is 1. The highest BCUT2D eigenvalue weighted by molar-refractivity contribution is 7.58. The van der Waals surface area contributed by atoms with Crippen molar-refractivity contribution in [1.82, 2.24) is 9.97 Å². The van der Waals surface area contributed by atoms with E-state index in [4.69, 9.17) is 12.6 Å². The van der Waals surface area contributed by atoms with Gasteiger partial charge in [-0.1, -0.05) is 5.03 Å². The molecule has 1 aromatic heterocycles. The maximum absolute atomic E-state index is 10.7. The first-order valence-electron chi connectivity index (χ1n) is 6.47. The first-order chi connectivity index (χ1) is 9.65. The minimum Gasteiger partial charge on any atom is -0.760 e. The van der Waals surface area contributed by atoms with E-state index in [9.17, 15) is 10.1 Å². The van der Waals surface area contributed by atoms with E-state index in [0.717, 1.165) is 42.5 Å². The van der Waals surface area contributed by atoms with E-state index in [1.165, 1.54) is 12.1 Å². The molecule has 0 spiro atoms. The molecule has 0 saturated carbocycles. The molecule has 3 rings (SSSR count). The van der Waals surface area contributed by atoms with Gasteiger partial charge in [-0.25, -0.2) is 4.98 Å². The number of aromatic nitrogens is 2. The van der Waals surface area contributed by atoms with Crippen LogP contribution in [0, 0.1) is 10.1 Å². The number of hydrogen-bond acceptors (Lipinski definition) is 5. The molecule has 20 heavy (non-hydrogen) atoms. The van der Waals surface area contributed by atoms with Crippen LogP contribution in [-0.4, -0.2) is 14.9 Å². The van der Waals surface area contributed by atoms with Gasteiger partial charge in [0.15, 0.2) is 5.82 Å². The minimum atomic E-state index is -0.421. The summed E-state index contributed by atoms with van der Waals surface area (Å²) in [5, 5.41) is 11.3. The zero-order valence-electron chi connectivity index (χ0n) is 10.7. The lowest BCUT2D eigenvalue weighted by atomic mass is 9.97. The average Bonchev–Trinajstić information content (AvgIpc) is 2.47. The van der Waals surface area contributed by atoms with Gasteiger partial charge in [-0.05, 0) is 43.4 Å². The number of hydrogen-bond donors (Lipinski definition) is 0. The van der Waals surface area contributed by atoms with E-state index in [0.29, 0.717) is 10.9 Å². The van der Waals surface area contributed by atoms with Crippen LogP contribution in [0.25, 0.3) is 11.4 Å². The second kappa shape index (κ2) is 5.13. The summed E-state index contributed by atoms with van der Waals surface area (Å²) in [5.41, 5.74) is 2.95. The Morgan fingerprint density at radius 3 is 2.50 bits per heavy atom. The van der Waals surface area contributed by atoms with E-state index in [1.54, 1.807) is 12.1 Å². The number of nitro groups is 1. The maximum Gasteiger partial charge on any atom is 0.269 e. The molecule has 1 aromatic carbocycles. The molecule has 0 N–H and O–H groups in total. The van der Waals surface area contributed by atoms with Crippen molar-refractivity contribution in [2.75, 3.05) is 0 Å². The predicted octanol–water partition coefficient (Wildman–Crippen LogP) is 2.84. The molecule has 1 heterocycles. The van der Waals surface area contributed by atoms with Gasteiger partial charge < -0.3 is 12.6 Å². The summed E-state index contributed by atoms with van der Waals surface area (Å²) in [6.45, 7) is 0. The van der Waals surface area contributed by atoms with Crippen LogP contribution in [0.1, 0.15) is 24.1 Å². The maximum atomic E-state index is 10.7. The quantitative estimate of drug-likeness (QED) is 0.367. The zero-order valence-corrected chi connectivity index (χ0v) is 11.5. The van der Waals surface area contributed by atoms with Crippen LogP contribution in [0.5, 0.6) is 0 Å². The monoisotopic (exact) mass is 286 g/mol. The van der Waals surface area contributed by atoms with E-state index in [-0.39, 0.29) is 5.69 Å². The number of nitrogens with zero attached hydrogens (tertiary/aromatic N) is 3. The highest BCUT2D eigenvalue weighted by Crippen LogP contribution is 2.26. The van der Waals surface area contributed by atoms with Crippen molar-refractivity contribution in [2.45, 2.75) is 30.7 Å². The molecule has 0 unspecified atom stereocenters. The van der Waals surface area contributed by atoms with Crippen LogP contribution in [0.15, 0.2) is 29.3 Å². The Morgan fingerprint density at radius 1 is 1.10 bits per heavy atom. The van der Waals surface area contributed by atoms with Crippen molar-refractivity contribution in [3.63, 3.8) is 0 Å². The molecule has 0 aliphatic heterocycles. The fraction of sp³-hybridized carbons (Fsp3) is 0.286. The molecule has 0 amide bonds. The zero-order chi connectivity index (χ0) is 14.1. The Kier molecular flexibility index (Phi) is 3.31. The SMILES string of the molecule is O=[N+]([O-])c1ccc(-c2nc([S-])c3c(n2)CCCC3)cc1. The fourth-order valence-corrected chi connectivity index (χ4v) is 2.73. The van der Waals surface area contributed by atoms with Gasteiger partial charge in [0.1, 0.15) is 0 Å². The number of benzene rings is 1. The third kappa shape index (κ3) is 2.34. The molecule has 0 radical (unpaired) electrons.